The SMILES string of the molecule is CNC1CC1(C)C1CC1C[C@H](C)CCCC(C)C. The molecule has 2 aliphatic rings. The van der Waals surface area contributed by atoms with Crippen LogP contribution in [0.2, 0.25) is 0 Å². The van der Waals surface area contributed by atoms with Crippen molar-refractivity contribution in [2.75, 3.05) is 7.05 Å². The van der Waals surface area contributed by atoms with E-state index < -0.39 is 0 Å². The molecule has 5 atom stereocenters. The molecule has 0 aromatic carbocycles. The zero-order chi connectivity index (χ0) is 13.3. The molecule has 0 radical (unpaired) electrons. The first kappa shape index (κ1) is 14.4. The second kappa shape index (κ2) is 5.53. The Kier molecular flexibility index (Phi) is 4.41. The van der Waals surface area contributed by atoms with Gasteiger partial charge in [0.1, 0.15) is 0 Å². The molecule has 0 saturated heterocycles. The number of hydrogen-bond acceptors (Lipinski definition) is 1. The van der Waals surface area contributed by atoms with Crippen LogP contribution in [-0.2, 0) is 0 Å². The summed E-state index contributed by atoms with van der Waals surface area (Å²) in [7, 11) is 2.13. The number of rotatable bonds is 8. The van der Waals surface area contributed by atoms with Crippen LogP contribution in [0, 0.1) is 29.1 Å². The predicted molar refractivity (Wildman–Crippen MR) is 79.6 cm³/mol. The van der Waals surface area contributed by atoms with E-state index in [2.05, 4.69) is 40.1 Å². The van der Waals surface area contributed by atoms with Crippen molar-refractivity contribution >= 4 is 0 Å². The molecule has 2 rings (SSSR count). The molecule has 4 unspecified atom stereocenters. The second-order valence-electron chi connectivity index (χ2n) is 7.82. The summed E-state index contributed by atoms with van der Waals surface area (Å²) < 4.78 is 0. The minimum atomic E-state index is 0.664. The zero-order valence-corrected chi connectivity index (χ0v) is 13.1. The van der Waals surface area contributed by atoms with Gasteiger partial charge in [-0.05, 0) is 55.4 Å². The molecule has 2 fully saturated rings. The maximum atomic E-state index is 3.47. The summed E-state index contributed by atoms with van der Waals surface area (Å²) >= 11 is 0. The van der Waals surface area contributed by atoms with Gasteiger partial charge in [-0.1, -0.05) is 47.0 Å². The Bertz CT molecular complexity index is 273. The van der Waals surface area contributed by atoms with Gasteiger partial charge in [-0.25, -0.2) is 0 Å². The van der Waals surface area contributed by atoms with E-state index in [4.69, 9.17) is 0 Å². The summed E-state index contributed by atoms with van der Waals surface area (Å²) in [5.41, 5.74) is 0.664. The average Bonchev–Trinajstić information content (AvgIpc) is 3.15. The van der Waals surface area contributed by atoms with Gasteiger partial charge >= 0.3 is 0 Å². The molecule has 0 spiro atoms. The van der Waals surface area contributed by atoms with Gasteiger partial charge in [-0.15, -0.1) is 0 Å². The highest BCUT2D eigenvalue weighted by molar-refractivity contribution is 5.14. The fourth-order valence-electron chi connectivity index (χ4n) is 4.05. The molecule has 1 nitrogen and oxygen atoms in total. The van der Waals surface area contributed by atoms with E-state index in [-0.39, 0.29) is 0 Å². The molecule has 1 N–H and O–H groups in total. The normalized spacial score (nSPS) is 40.0. The molecule has 0 aromatic heterocycles. The molecule has 0 aliphatic heterocycles. The van der Waals surface area contributed by atoms with Gasteiger partial charge < -0.3 is 5.32 Å². The van der Waals surface area contributed by atoms with Crippen LogP contribution in [0.15, 0.2) is 0 Å². The molecule has 106 valence electrons. The smallest absolute Gasteiger partial charge is 0.0127 e. The zero-order valence-electron chi connectivity index (χ0n) is 13.1. The minimum absolute atomic E-state index is 0.664. The van der Waals surface area contributed by atoms with Crippen molar-refractivity contribution in [1.82, 2.24) is 5.32 Å². The first-order chi connectivity index (χ1) is 8.47. The topological polar surface area (TPSA) is 12.0 Å². The van der Waals surface area contributed by atoms with Crippen LogP contribution in [0.4, 0.5) is 0 Å². The second-order valence-corrected chi connectivity index (χ2v) is 7.82. The third kappa shape index (κ3) is 3.29. The first-order valence-electron chi connectivity index (χ1n) is 8.14. The quantitative estimate of drug-likeness (QED) is 0.671. The summed E-state index contributed by atoms with van der Waals surface area (Å²) in [5, 5.41) is 3.47. The Balaban J connectivity index is 1.61. The fraction of sp³-hybridized carbons (Fsp3) is 1.00. The minimum Gasteiger partial charge on any atom is -0.316 e. The molecule has 2 saturated carbocycles. The maximum absolute atomic E-state index is 3.47. The van der Waals surface area contributed by atoms with Gasteiger partial charge in [-0.3, -0.25) is 0 Å². The van der Waals surface area contributed by atoms with Crippen molar-refractivity contribution in [3.05, 3.63) is 0 Å². The summed E-state index contributed by atoms with van der Waals surface area (Å²) in [6.07, 6.45) is 8.74. The standard InChI is InChI=1S/C17H33N/c1-12(2)7-6-8-13(3)9-14-10-15(14)17(4)11-16(17)18-5/h12-16,18H,6-11H2,1-5H3/t13-,14?,15?,16?,17?/m1/s1. The lowest BCUT2D eigenvalue weighted by atomic mass is 9.92. The highest BCUT2D eigenvalue weighted by Crippen LogP contribution is 2.65. The van der Waals surface area contributed by atoms with Crippen molar-refractivity contribution in [2.24, 2.45) is 29.1 Å². The Morgan fingerprint density at radius 2 is 1.94 bits per heavy atom. The first-order valence-corrected chi connectivity index (χ1v) is 8.14. The molecule has 2 aliphatic carbocycles. The summed E-state index contributed by atoms with van der Waals surface area (Å²) in [6.45, 7) is 9.66. The van der Waals surface area contributed by atoms with E-state index in [1.54, 1.807) is 0 Å². The van der Waals surface area contributed by atoms with E-state index in [9.17, 15) is 0 Å². The Morgan fingerprint density at radius 3 is 2.50 bits per heavy atom. The molecule has 0 aromatic rings. The van der Waals surface area contributed by atoms with Crippen LogP contribution in [0.5, 0.6) is 0 Å². The molecule has 0 heterocycles. The Morgan fingerprint density at radius 1 is 1.22 bits per heavy atom. The Hall–Kier alpha value is -0.0400. The molecular formula is C17H33N. The van der Waals surface area contributed by atoms with Gasteiger partial charge in [0.2, 0.25) is 0 Å². The third-order valence-corrected chi connectivity index (χ3v) is 5.58. The van der Waals surface area contributed by atoms with Gasteiger partial charge in [0, 0.05) is 6.04 Å². The van der Waals surface area contributed by atoms with Crippen LogP contribution in [0.25, 0.3) is 0 Å². The van der Waals surface area contributed by atoms with E-state index in [0.717, 1.165) is 29.7 Å². The monoisotopic (exact) mass is 251 g/mol. The van der Waals surface area contributed by atoms with Crippen LogP contribution < -0.4 is 5.32 Å². The largest absolute Gasteiger partial charge is 0.316 e. The lowest BCUT2D eigenvalue weighted by Crippen LogP contribution is -2.18. The van der Waals surface area contributed by atoms with Gasteiger partial charge in [-0.2, -0.15) is 0 Å². The van der Waals surface area contributed by atoms with Crippen molar-refractivity contribution in [3.8, 4) is 0 Å². The van der Waals surface area contributed by atoms with Crippen molar-refractivity contribution < 1.29 is 0 Å². The van der Waals surface area contributed by atoms with E-state index in [0.29, 0.717) is 5.41 Å². The van der Waals surface area contributed by atoms with Gasteiger partial charge in [0.25, 0.3) is 0 Å². The van der Waals surface area contributed by atoms with E-state index >= 15 is 0 Å². The molecular weight excluding hydrogens is 218 g/mol. The maximum Gasteiger partial charge on any atom is 0.0127 e. The fourth-order valence-corrected chi connectivity index (χ4v) is 4.05. The predicted octanol–water partition coefficient (Wildman–Crippen LogP) is 4.47. The van der Waals surface area contributed by atoms with Crippen LogP contribution in [-0.4, -0.2) is 13.1 Å². The molecule has 1 heteroatoms. The third-order valence-electron chi connectivity index (χ3n) is 5.58. The summed E-state index contributed by atoms with van der Waals surface area (Å²) in [4.78, 5) is 0. The van der Waals surface area contributed by atoms with Crippen LogP contribution >= 0.6 is 0 Å². The van der Waals surface area contributed by atoms with E-state index in [1.165, 1.54) is 38.5 Å². The number of hydrogen-bond donors (Lipinski definition) is 1. The van der Waals surface area contributed by atoms with Crippen molar-refractivity contribution in [1.29, 1.82) is 0 Å². The highest BCUT2D eigenvalue weighted by atomic mass is 15.0. The van der Waals surface area contributed by atoms with Crippen LogP contribution in [0.1, 0.15) is 66.2 Å². The van der Waals surface area contributed by atoms with Gasteiger partial charge in [0.05, 0.1) is 0 Å². The Labute approximate surface area is 114 Å². The molecule has 0 amide bonds. The number of nitrogens with one attached hydrogen (secondary N) is 1. The van der Waals surface area contributed by atoms with E-state index in [1.807, 2.05) is 0 Å². The highest BCUT2D eigenvalue weighted by Gasteiger charge is 2.62. The lowest BCUT2D eigenvalue weighted by molar-refractivity contribution is 0.368. The average molecular weight is 251 g/mol. The summed E-state index contributed by atoms with van der Waals surface area (Å²) in [5.74, 6) is 3.94. The van der Waals surface area contributed by atoms with Crippen molar-refractivity contribution in [3.63, 3.8) is 0 Å². The summed E-state index contributed by atoms with van der Waals surface area (Å²) in [6, 6.07) is 0.823. The molecule has 0 bridgehead atoms. The lowest BCUT2D eigenvalue weighted by Gasteiger charge is -2.14. The van der Waals surface area contributed by atoms with Crippen molar-refractivity contribution in [2.45, 2.75) is 72.3 Å². The molecule has 18 heavy (non-hydrogen) atoms. The van der Waals surface area contributed by atoms with Crippen LogP contribution in [0.3, 0.4) is 0 Å². The van der Waals surface area contributed by atoms with Gasteiger partial charge in [0.15, 0.2) is 0 Å².